The molecular weight excluding hydrogens is 164 g/mol. The Hall–Kier alpha value is -0.200. The third kappa shape index (κ3) is 1.34. The van der Waals surface area contributed by atoms with Crippen molar-refractivity contribution in [3.05, 3.63) is 6.92 Å². The first-order valence-corrected chi connectivity index (χ1v) is 3.56. The molecule has 4 atom stereocenters. The van der Waals surface area contributed by atoms with Gasteiger partial charge in [-0.3, -0.25) is 0 Å². The number of ether oxygens (including phenoxy) is 1. The third-order valence-electron chi connectivity index (χ3n) is 1.96. The van der Waals surface area contributed by atoms with Crippen molar-refractivity contribution in [1.82, 2.24) is 0 Å². The van der Waals surface area contributed by atoms with E-state index in [9.17, 15) is 5.11 Å². The molecule has 1 saturated heterocycles. The maximum absolute atomic E-state index is 9.18. The smallest absolute Gasteiger partial charge is 0.128 e. The zero-order valence-corrected chi connectivity index (χ0v) is 6.34. The van der Waals surface area contributed by atoms with E-state index in [2.05, 4.69) is 0 Å². The van der Waals surface area contributed by atoms with Gasteiger partial charge in [0.2, 0.25) is 0 Å². The first-order valence-electron chi connectivity index (χ1n) is 3.56. The average molecular weight is 175 g/mol. The largest absolute Gasteiger partial charge is 0.394 e. The summed E-state index contributed by atoms with van der Waals surface area (Å²) in [4.78, 5) is 0. The summed E-state index contributed by atoms with van der Waals surface area (Å²) >= 11 is 0. The van der Waals surface area contributed by atoms with Gasteiger partial charge in [0.05, 0.1) is 13.2 Å². The highest BCUT2D eigenvalue weighted by atomic mass is 16.6. The quantitative estimate of drug-likeness (QED) is 0.370. The van der Waals surface area contributed by atoms with Gasteiger partial charge in [0.1, 0.15) is 23.9 Å². The van der Waals surface area contributed by atoms with Crippen LogP contribution in [0.3, 0.4) is 0 Å². The fourth-order valence-electron chi connectivity index (χ4n) is 1.16. The van der Waals surface area contributed by atoms with Gasteiger partial charge in [-0.2, -0.15) is 0 Å². The summed E-state index contributed by atoms with van der Waals surface area (Å²) in [6.07, 6.45) is -3.80. The zero-order chi connectivity index (χ0) is 9.35. The summed E-state index contributed by atoms with van der Waals surface area (Å²) in [5.41, 5.74) is -1.91. The van der Waals surface area contributed by atoms with Crippen LogP contribution in [0.5, 0.6) is 0 Å². The molecular formula is C7H11O5. The predicted molar refractivity (Wildman–Crippen MR) is 37.0 cm³/mol. The molecule has 69 valence electrons. The van der Waals surface area contributed by atoms with Gasteiger partial charge in [-0.05, 0) is 0 Å². The van der Waals surface area contributed by atoms with Crippen LogP contribution >= 0.6 is 0 Å². The highest BCUT2D eigenvalue weighted by molar-refractivity contribution is 5.03. The van der Waals surface area contributed by atoms with E-state index in [0.29, 0.717) is 0 Å². The van der Waals surface area contributed by atoms with Gasteiger partial charge < -0.3 is 25.2 Å². The Balaban J connectivity index is 2.72. The lowest BCUT2D eigenvalue weighted by molar-refractivity contribution is -0.0894. The standard InChI is InChI=1S/C7H11O5/c1-7(3-9)6(11)5(10)4(2-8)12-7/h4-6,8-11H,2-3H2/t4-,5-,6+,7?/m1/s1. The maximum atomic E-state index is 9.18. The van der Waals surface area contributed by atoms with E-state index in [-0.39, 0.29) is 0 Å². The molecule has 1 heterocycles. The predicted octanol–water partition coefficient (Wildman–Crippen LogP) is -2.58. The minimum absolute atomic E-state index is 0.487. The first-order chi connectivity index (χ1) is 5.55. The van der Waals surface area contributed by atoms with Gasteiger partial charge in [-0.15, -0.1) is 0 Å². The lowest BCUT2D eigenvalue weighted by Crippen LogP contribution is -2.43. The van der Waals surface area contributed by atoms with Crippen LogP contribution < -0.4 is 0 Å². The SMILES string of the molecule is [C]C1(CO)O[C@H](CO)[C@@H](O)[C@@H]1O. The van der Waals surface area contributed by atoms with Crippen LogP contribution in [-0.4, -0.2) is 57.6 Å². The number of aliphatic hydroxyl groups excluding tert-OH is 4. The molecule has 0 amide bonds. The van der Waals surface area contributed by atoms with Gasteiger partial charge in [-0.25, -0.2) is 0 Å². The molecule has 1 rings (SSSR count). The minimum Gasteiger partial charge on any atom is -0.394 e. The summed E-state index contributed by atoms with van der Waals surface area (Å²) in [7, 11) is 0. The Labute approximate surface area is 70.2 Å². The van der Waals surface area contributed by atoms with E-state index in [1.807, 2.05) is 0 Å². The molecule has 0 aromatic carbocycles. The number of rotatable bonds is 2. The van der Waals surface area contributed by atoms with E-state index in [0.717, 1.165) is 0 Å². The van der Waals surface area contributed by atoms with Crippen LogP contribution in [0, 0.1) is 6.92 Å². The van der Waals surface area contributed by atoms with Crippen LogP contribution in [0.15, 0.2) is 0 Å². The summed E-state index contributed by atoms with van der Waals surface area (Å²) in [5.74, 6) is 0. The van der Waals surface area contributed by atoms with Crippen molar-refractivity contribution in [2.24, 2.45) is 0 Å². The fourth-order valence-corrected chi connectivity index (χ4v) is 1.16. The molecule has 0 spiro atoms. The topological polar surface area (TPSA) is 90.2 Å². The van der Waals surface area contributed by atoms with Crippen molar-refractivity contribution in [3.63, 3.8) is 0 Å². The molecule has 0 aromatic heterocycles. The summed E-state index contributed by atoms with van der Waals surface area (Å²) in [5, 5.41) is 35.6. The second kappa shape index (κ2) is 3.27. The Morgan fingerprint density at radius 2 is 1.92 bits per heavy atom. The van der Waals surface area contributed by atoms with Gasteiger partial charge in [-0.1, -0.05) is 0 Å². The molecule has 1 aliphatic heterocycles. The van der Waals surface area contributed by atoms with Gasteiger partial charge >= 0.3 is 0 Å². The van der Waals surface area contributed by atoms with Crippen LogP contribution in [0.4, 0.5) is 0 Å². The van der Waals surface area contributed by atoms with Crippen molar-refractivity contribution >= 4 is 0 Å². The van der Waals surface area contributed by atoms with Crippen LogP contribution in [0.25, 0.3) is 0 Å². The Kier molecular flexibility index (Phi) is 2.70. The summed E-state index contributed by atoms with van der Waals surface area (Å²) < 4.78 is 4.74. The average Bonchev–Trinajstić information content (AvgIpc) is 2.31. The van der Waals surface area contributed by atoms with Gasteiger partial charge in [0.15, 0.2) is 0 Å². The summed E-state index contributed by atoms with van der Waals surface area (Å²) in [6, 6.07) is 0. The third-order valence-corrected chi connectivity index (χ3v) is 1.96. The highest BCUT2D eigenvalue weighted by Crippen LogP contribution is 2.29. The molecule has 0 bridgehead atoms. The molecule has 1 unspecified atom stereocenters. The molecule has 0 aliphatic carbocycles. The molecule has 5 nitrogen and oxygen atoms in total. The molecule has 1 fully saturated rings. The first kappa shape index (κ1) is 9.88. The molecule has 5 heteroatoms. The lowest BCUT2D eigenvalue weighted by atomic mass is 9.98. The molecule has 3 radical (unpaired) electrons. The fraction of sp³-hybridized carbons (Fsp3) is 0.857. The molecule has 1 aliphatic rings. The monoisotopic (exact) mass is 175 g/mol. The molecule has 4 N–H and O–H groups in total. The molecule has 0 aromatic rings. The van der Waals surface area contributed by atoms with Crippen molar-refractivity contribution in [1.29, 1.82) is 0 Å². The van der Waals surface area contributed by atoms with E-state index in [1.54, 1.807) is 0 Å². The Morgan fingerprint density at radius 3 is 2.17 bits per heavy atom. The Morgan fingerprint density at radius 1 is 1.33 bits per heavy atom. The van der Waals surface area contributed by atoms with Gasteiger partial charge in [0, 0.05) is 6.92 Å². The molecule has 0 saturated carbocycles. The van der Waals surface area contributed by atoms with E-state index in [1.165, 1.54) is 0 Å². The van der Waals surface area contributed by atoms with E-state index < -0.39 is 37.1 Å². The van der Waals surface area contributed by atoms with Crippen molar-refractivity contribution in [2.75, 3.05) is 13.2 Å². The summed E-state index contributed by atoms with van der Waals surface area (Å²) in [6.45, 7) is 6.10. The number of hydrogen-bond donors (Lipinski definition) is 4. The van der Waals surface area contributed by atoms with Crippen LogP contribution in [-0.2, 0) is 4.74 Å². The zero-order valence-electron chi connectivity index (χ0n) is 6.34. The number of aliphatic hydroxyl groups is 4. The normalized spacial score (nSPS) is 48.2. The highest BCUT2D eigenvalue weighted by Gasteiger charge is 2.50. The van der Waals surface area contributed by atoms with Crippen molar-refractivity contribution in [3.8, 4) is 0 Å². The van der Waals surface area contributed by atoms with Gasteiger partial charge in [0.25, 0.3) is 0 Å². The second-order valence-electron chi connectivity index (χ2n) is 2.82. The number of hydrogen-bond acceptors (Lipinski definition) is 5. The Bertz CT molecular complexity index is 162. The minimum atomic E-state index is -1.91. The van der Waals surface area contributed by atoms with E-state index in [4.69, 9.17) is 27.0 Å². The van der Waals surface area contributed by atoms with Crippen LogP contribution in [0.1, 0.15) is 0 Å². The second-order valence-corrected chi connectivity index (χ2v) is 2.82. The lowest BCUT2D eigenvalue weighted by Gasteiger charge is -2.23. The maximum Gasteiger partial charge on any atom is 0.128 e. The van der Waals surface area contributed by atoms with Crippen LogP contribution in [0.2, 0.25) is 0 Å². The molecule has 12 heavy (non-hydrogen) atoms. The van der Waals surface area contributed by atoms with Crippen molar-refractivity contribution in [2.45, 2.75) is 23.9 Å². The van der Waals surface area contributed by atoms with E-state index >= 15 is 0 Å². The van der Waals surface area contributed by atoms with Crippen molar-refractivity contribution < 1.29 is 25.2 Å².